The predicted octanol–water partition coefficient (Wildman–Crippen LogP) is -0.600. The zero-order valence-corrected chi connectivity index (χ0v) is 16.5. The summed E-state index contributed by atoms with van der Waals surface area (Å²) in [6.45, 7) is 0. The van der Waals surface area contributed by atoms with E-state index in [1.165, 1.54) is 22.4 Å². The van der Waals surface area contributed by atoms with Crippen LogP contribution in [-0.4, -0.2) is 4.57 Å². The van der Waals surface area contributed by atoms with Gasteiger partial charge in [-0.1, -0.05) is 0 Å². The van der Waals surface area contributed by atoms with E-state index in [-0.39, 0.29) is 9.41 Å². The van der Waals surface area contributed by atoms with Crippen molar-refractivity contribution in [3.8, 4) is 0 Å². The number of allylic oxidation sites excluding steroid dienone is 2. The Kier molecular flexibility index (Phi) is 5.53. The fourth-order valence-electron chi connectivity index (χ4n) is 3.79. The van der Waals surface area contributed by atoms with E-state index in [1.807, 2.05) is 0 Å². The second kappa shape index (κ2) is 7.67. The zero-order valence-electron chi connectivity index (χ0n) is 14.0. The maximum absolute atomic E-state index is 2.45. The summed E-state index contributed by atoms with van der Waals surface area (Å²) in [6.07, 6.45) is 11.5. The molecule has 4 heteroatoms. The molecule has 0 amide bonds. The minimum atomic E-state index is -0.739. The van der Waals surface area contributed by atoms with Crippen molar-refractivity contribution >= 4 is 17.8 Å². The van der Waals surface area contributed by atoms with Crippen molar-refractivity contribution in [1.82, 2.24) is 4.57 Å². The molecule has 5 rings (SSSR count). The van der Waals surface area contributed by atoms with Gasteiger partial charge in [0.15, 0.2) is 0 Å². The number of hydrogen-bond acceptors (Lipinski definition) is 0. The smallest absolute Gasteiger partial charge is 1.00 e. The first kappa shape index (κ1) is 18.7. The Balaban J connectivity index is 0.000000980. The zero-order chi connectivity index (χ0) is 15.9. The molecule has 3 aromatic rings. The van der Waals surface area contributed by atoms with Gasteiger partial charge >= 0.3 is 154 Å². The molecule has 1 nitrogen and oxygen atoms in total. The summed E-state index contributed by atoms with van der Waals surface area (Å²) in [4.78, 5) is 0. The molecule has 2 aromatic carbocycles. The molecule has 2 aliphatic carbocycles. The molecule has 2 atom stereocenters. The van der Waals surface area contributed by atoms with Gasteiger partial charge in [0.1, 0.15) is 0 Å². The Morgan fingerprint density at radius 1 is 0.731 bits per heavy atom. The topological polar surface area (TPSA) is 4.93 Å². The molecule has 26 heavy (non-hydrogen) atoms. The van der Waals surface area contributed by atoms with Crippen LogP contribution in [0.25, 0.3) is 17.8 Å². The van der Waals surface area contributed by atoms with Gasteiger partial charge in [-0.2, -0.15) is 0 Å². The summed E-state index contributed by atoms with van der Waals surface area (Å²) in [5.41, 5.74) is 7.36. The van der Waals surface area contributed by atoms with Crippen LogP contribution < -0.4 is 9.41 Å². The van der Waals surface area contributed by atoms with Crippen LogP contribution >= 0.6 is 0 Å². The number of nitrogens with zero attached hydrogens (tertiary/aromatic N) is 1. The summed E-state index contributed by atoms with van der Waals surface area (Å²) in [5, 5.41) is 0. The third-order valence-electron chi connectivity index (χ3n) is 4.95. The maximum Gasteiger partial charge on any atom is -1.00 e. The quantitative estimate of drug-likeness (QED) is 0.529. The average Bonchev–Trinajstić information content (AvgIpc) is 3.34. The predicted molar refractivity (Wildman–Crippen MR) is 96.0 cm³/mol. The van der Waals surface area contributed by atoms with Crippen molar-refractivity contribution in [2.75, 3.05) is 0 Å². The van der Waals surface area contributed by atoms with Crippen molar-refractivity contribution < 1.29 is 32.6 Å². The van der Waals surface area contributed by atoms with Gasteiger partial charge in [0.05, 0.1) is 0 Å². The fourth-order valence-corrected chi connectivity index (χ4v) is 8.35. The van der Waals surface area contributed by atoms with Gasteiger partial charge in [-0.15, -0.1) is 0 Å². The molecule has 0 saturated carbocycles. The Morgan fingerprint density at radius 2 is 1.38 bits per heavy atom. The summed E-state index contributed by atoms with van der Waals surface area (Å²) in [7, 11) is 0. The SMILES string of the molecule is C1=C[CH]([Zr+2][CH]2C(n3cccc3)=Cc3ccccc32)c2ccccc21.[F-].[F-]. The van der Waals surface area contributed by atoms with Gasteiger partial charge in [0.25, 0.3) is 0 Å². The summed E-state index contributed by atoms with van der Waals surface area (Å²) in [5.74, 6) is 0. The molecule has 1 aromatic heterocycles. The minimum absolute atomic E-state index is 0. The molecule has 2 unspecified atom stereocenters. The molecule has 2 aliphatic rings. The van der Waals surface area contributed by atoms with E-state index >= 15 is 0 Å². The number of rotatable bonds is 3. The first-order valence-corrected chi connectivity index (χ1v) is 11.2. The number of fused-ring (bicyclic) bond motifs is 2. The second-order valence-electron chi connectivity index (χ2n) is 6.35. The van der Waals surface area contributed by atoms with Crippen molar-refractivity contribution in [3.63, 3.8) is 0 Å². The first-order valence-electron chi connectivity index (χ1n) is 8.37. The molecule has 0 saturated heterocycles. The Bertz CT molecular complexity index is 960. The van der Waals surface area contributed by atoms with Crippen LogP contribution in [0.3, 0.4) is 0 Å². The van der Waals surface area contributed by atoms with E-state index in [2.05, 4.69) is 95.9 Å². The van der Waals surface area contributed by atoms with E-state index < -0.39 is 23.2 Å². The van der Waals surface area contributed by atoms with Crippen molar-refractivity contribution in [2.45, 2.75) is 7.25 Å². The summed E-state index contributed by atoms with van der Waals surface area (Å²) >= 11 is -0.739. The third-order valence-corrected chi connectivity index (χ3v) is 9.39. The van der Waals surface area contributed by atoms with E-state index in [1.54, 1.807) is 5.56 Å². The molecular weight excluding hydrogens is 407 g/mol. The van der Waals surface area contributed by atoms with Gasteiger partial charge in [0.2, 0.25) is 0 Å². The van der Waals surface area contributed by atoms with E-state index in [4.69, 9.17) is 0 Å². The Morgan fingerprint density at radius 3 is 2.15 bits per heavy atom. The van der Waals surface area contributed by atoms with Crippen LogP contribution in [0, 0.1) is 0 Å². The van der Waals surface area contributed by atoms with Gasteiger partial charge < -0.3 is 9.41 Å². The molecular formula is C22H17F2NZr. The van der Waals surface area contributed by atoms with Crippen molar-refractivity contribution in [1.29, 1.82) is 0 Å². The van der Waals surface area contributed by atoms with Crippen LogP contribution in [0.4, 0.5) is 0 Å². The molecule has 128 valence electrons. The molecule has 0 fully saturated rings. The van der Waals surface area contributed by atoms with Crippen LogP contribution in [0.1, 0.15) is 29.5 Å². The third kappa shape index (κ3) is 3.08. The minimum Gasteiger partial charge on any atom is -1.00 e. The number of hydrogen-bond donors (Lipinski definition) is 0. The average molecular weight is 425 g/mol. The fraction of sp³-hybridized carbons (Fsp3) is 0.0909. The number of halogens is 2. The Hall–Kier alpha value is -2.06. The van der Waals surface area contributed by atoms with E-state index in [0.717, 1.165) is 0 Å². The second-order valence-corrected chi connectivity index (χ2v) is 10.1. The number of benzene rings is 2. The van der Waals surface area contributed by atoms with E-state index in [9.17, 15) is 0 Å². The molecule has 1 heterocycles. The number of aromatic nitrogens is 1. The Labute approximate surface area is 163 Å². The molecule has 0 aliphatic heterocycles. The normalized spacial score (nSPS) is 18.8. The van der Waals surface area contributed by atoms with Crippen LogP contribution in [-0.2, 0) is 23.2 Å². The van der Waals surface area contributed by atoms with Crippen molar-refractivity contribution in [3.05, 3.63) is 101 Å². The molecule has 0 N–H and O–H groups in total. The van der Waals surface area contributed by atoms with Crippen LogP contribution in [0.2, 0.25) is 0 Å². The maximum atomic E-state index is 2.45. The molecule has 0 radical (unpaired) electrons. The van der Waals surface area contributed by atoms with Gasteiger partial charge in [-0.25, -0.2) is 0 Å². The molecule has 0 spiro atoms. The monoisotopic (exact) mass is 423 g/mol. The van der Waals surface area contributed by atoms with E-state index in [0.29, 0.717) is 7.25 Å². The van der Waals surface area contributed by atoms with Crippen LogP contribution in [0.5, 0.6) is 0 Å². The standard InChI is InChI=1S/C13H10N.C9H7.2FH.Zr/c1-2-6-12-10-13(9-11(12)5-1)14-7-3-4-8-14;1-2-5-9-7-3-6-8(9)4-1;;;/h1-10H;1-7H;2*1H;/q;;;;+2/p-2. The largest absolute Gasteiger partial charge is 1.00 e. The molecule has 0 bridgehead atoms. The van der Waals surface area contributed by atoms with Gasteiger partial charge in [-0.3, -0.25) is 0 Å². The summed E-state index contributed by atoms with van der Waals surface area (Å²) in [6, 6.07) is 22.1. The summed E-state index contributed by atoms with van der Waals surface area (Å²) < 4.78 is 3.59. The van der Waals surface area contributed by atoms with Crippen molar-refractivity contribution in [2.24, 2.45) is 0 Å². The van der Waals surface area contributed by atoms with Gasteiger partial charge in [0, 0.05) is 0 Å². The van der Waals surface area contributed by atoms with Crippen LogP contribution in [0.15, 0.2) is 79.1 Å². The van der Waals surface area contributed by atoms with Gasteiger partial charge in [-0.05, 0) is 0 Å². The first-order chi connectivity index (χ1) is 11.9.